The summed E-state index contributed by atoms with van der Waals surface area (Å²) in [6.07, 6.45) is 0.636. The number of hydrogen-bond donors (Lipinski definition) is 1. The quantitative estimate of drug-likeness (QED) is 0.745. The topological polar surface area (TPSA) is 91.2 Å². The molecule has 15 heavy (non-hydrogen) atoms. The van der Waals surface area contributed by atoms with Gasteiger partial charge in [0.25, 0.3) is 5.82 Å². The van der Waals surface area contributed by atoms with Gasteiger partial charge in [0.15, 0.2) is 0 Å². The predicted octanol–water partition coefficient (Wildman–Crippen LogP) is 0.830. The van der Waals surface area contributed by atoms with Gasteiger partial charge in [0.2, 0.25) is 5.89 Å². The van der Waals surface area contributed by atoms with Crippen LogP contribution in [-0.2, 0) is 10.3 Å². The van der Waals surface area contributed by atoms with E-state index in [2.05, 4.69) is 10.1 Å². The molecule has 2 N–H and O–H groups in total. The van der Waals surface area contributed by atoms with Crippen LogP contribution in [0.3, 0.4) is 0 Å². The minimum atomic E-state index is -0.711. The maximum Gasteiger partial charge on any atom is 0.379 e. The molecule has 0 aromatic carbocycles. The summed E-state index contributed by atoms with van der Waals surface area (Å²) in [7, 11) is 0. The van der Waals surface area contributed by atoms with Gasteiger partial charge in [-0.3, -0.25) is 0 Å². The van der Waals surface area contributed by atoms with E-state index in [1.807, 2.05) is 6.92 Å². The monoisotopic (exact) mass is 213 g/mol. The second-order valence-corrected chi connectivity index (χ2v) is 3.41. The first-order valence-corrected chi connectivity index (χ1v) is 4.81. The molecule has 0 spiro atoms. The lowest BCUT2D eigenvalue weighted by Crippen LogP contribution is -2.32. The normalized spacial score (nSPS) is 14.7. The van der Waals surface area contributed by atoms with Crippen molar-refractivity contribution in [1.29, 1.82) is 0 Å². The lowest BCUT2D eigenvalue weighted by Gasteiger charge is -2.16. The van der Waals surface area contributed by atoms with Crippen LogP contribution in [0.4, 0.5) is 0 Å². The second-order valence-electron chi connectivity index (χ2n) is 3.41. The number of nitrogens with two attached hydrogens (primary N) is 1. The average Bonchev–Trinajstić information content (AvgIpc) is 2.67. The molecule has 0 fully saturated rings. The molecule has 0 aliphatic rings. The number of aromatic nitrogens is 2. The van der Waals surface area contributed by atoms with Gasteiger partial charge in [-0.15, -0.1) is 0 Å². The van der Waals surface area contributed by atoms with Crippen LogP contribution in [0.15, 0.2) is 4.52 Å². The van der Waals surface area contributed by atoms with Gasteiger partial charge in [0, 0.05) is 0 Å². The van der Waals surface area contributed by atoms with Gasteiger partial charge in [0.1, 0.15) is 0 Å². The van der Waals surface area contributed by atoms with Gasteiger partial charge in [-0.1, -0.05) is 6.92 Å². The minimum absolute atomic E-state index is 0.0861. The molecule has 1 aromatic rings. The van der Waals surface area contributed by atoms with Crippen LogP contribution in [0.5, 0.6) is 0 Å². The van der Waals surface area contributed by atoms with Gasteiger partial charge in [-0.05, 0) is 25.4 Å². The maximum absolute atomic E-state index is 11.2. The summed E-state index contributed by atoms with van der Waals surface area (Å²) >= 11 is 0. The highest BCUT2D eigenvalue weighted by molar-refractivity contribution is 5.84. The van der Waals surface area contributed by atoms with E-state index in [9.17, 15) is 4.79 Å². The molecule has 0 bridgehead atoms. The van der Waals surface area contributed by atoms with Crippen LogP contribution >= 0.6 is 0 Å². The van der Waals surface area contributed by atoms with Crippen molar-refractivity contribution < 1.29 is 14.1 Å². The SMILES string of the molecule is CCOC(=O)c1noc(C(C)(N)CC)n1. The Labute approximate surface area is 87.8 Å². The number of hydrogen-bond acceptors (Lipinski definition) is 6. The molecule has 0 saturated carbocycles. The summed E-state index contributed by atoms with van der Waals surface area (Å²) in [5.41, 5.74) is 5.17. The number of carbonyl (C=O) groups excluding carboxylic acids is 1. The fourth-order valence-electron chi connectivity index (χ4n) is 0.885. The van der Waals surface area contributed by atoms with E-state index >= 15 is 0 Å². The van der Waals surface area contributed by atoms with E-state index in [4.69, 9.17) is 15.0 Å². The molecular formula is C9H15N3O3. The number of carbonyl (C=O) groups is 1. The summed E-state index contributed by atoms with van der Waals surface area (Å²) in [6, 6.07) is 0. The molecule has 1 unspecified atom stereocenters. The molecule has 0 amide bonds. The summed E-state index contributed by atoms with van der Waals surface area (Å²) in [5.74, 6) is -0.440. The third-order valence-electron chi connectivity index (χ3n) is 2.11. The van der Waals surface area contributed by atoms with Crippen LogP contribution in [0.2, 0.25) is 0 Å². The Kier molecular flexibility index (Phi) is 3.41. The highest BCUT2D eigenvalue weighted by Gasteiger charge is 2.28. The van der Waals surface area contributed by atoms with Crippen LogP contribution in [0.1, 0.15) is 43.7 Å². The molecule has 1 atom stereocenters. The molecule has 1 heterocycles. The summed E-state index contributed by atoms with van der Waals surface area (Å²) < 4.78 is 9.62. The highest BCUT2D eigenvalue weighted by Crippen LogP contribution is 2.18. The Bertz CT molecular complexity index is 346. The van der Waals surface area contributed by atoms with E-state index < -0.39 is 11.5 Å². The van der Waals surface area contributed by atoms with E-state index in [0.717, 1.165) is 0 Å². The third kappa shape index (κ3) is 2.53. The number of nitrogens with zero attached hydrogens (tertiary/aromatic N) is 2. The lowest BCUT2D eigenvalue weighted by atomic mass is 10.0. The van der Waals surface area contributed by atoms with E-state index in [-0.39, 0.29) is 18.3 Å². The molecule has 6 heteroatoms. The molecule has 0 radical (unpaired) electrons. The summed E-state index contributed by atoms with van der Waals surface area (Å²) in [4.78, 5) is 15.1. The van der Waals surface area contributed by atoms with Crippen molar-refractivity contribution in [3.05, 3.63) is 11.7 Å². The van der Waals surface area contributed by atoms with Crippen LogP contribution < -0.4 is 5.73 Å². The molecule has 0 aliphatic heterocycles. The Morgan fingerprint density at radius 1 is 1.60 bits per heavy atom. The molecular weight excluding hydrogens is 198 g/mol. The summed E-state index contributed by atoms with van der Waals surface area (Å²) in [5, 5.41) is 3.51. The first-order valence-electron chi connectivity index (χ1n) is 4.81. The van der Waals surface area contributed by atoms with Gasteiger partial charge in [0.05, 0.1) is 12.1 Å². The molecule has 0 saturated heterocycles. The fourth-order valence-corrected chi connectivity index (χ4v) is 0.885. The summed E-state index contributed by atoms with van der Waals surface area (Å²) in [6.45, 7) is 5.64. The van der Waals surface area contributed by atoms with Crippen molar-refractivity contribution in [3.8, 4) is 0 Å². The third-order valence-corrected chi connectivity index (χ3v) is 2.11. The maximum atomic E-state index is 11.2. The van der Waals surface area contributed by atoms with Crippen molar-refractivity contribution in [2.45, 2.75) is 32.7 Å². The number of rotatable bonds is 4. The lowest BCUT2D eigenvalue weighted by molar-refractivity contribution is 0.0508. The fraction of sp³-hybridized carbons (Fsp3) is 0.667. The van der Waals surface area contributed by atoms with Gasteiger partial charge >= 0.3 is 5.97 Å². The Hall–Kier alpha value is -1.43. The zero-order valence-corrected chi connectivity index (χ0v) is 9.11. The number of ether oxygens (including phenoxy) is 1. The zero-order valence-electron chi connectivity index (χ0n) is 9.11. The largest absolute Gasteiger partial charge is 0.460 e. The zero-order chi connectivity index (χ0) is 11.5. The van der Waals surface area contributed by atoms with Crippen molar-refractivity contribution in [2.24, 2.45) is 5.73 Å². The van der Waals surface area contributed by atoms with Crippen LogP contribution in [-0.4, -0.2) is 22.7 Å². The van der Waals surface area contributed by atoms with Crippen LogP contribution in [0, 0.1) is 0 Å². The van der Waals surface area contributed by atoms with Crippen molar-refractivity contribution >= 4 is 5.97 Å². The minimum Gasteiger partial charge on any atom is -0.460 e. The predicted molar refractivity (Wildman–Crippen MR) is 52.1 cm³/mol. The highest BCUT2D eigenvalue weighted by atomic mass is 16.5. The molecule has 1 rings (SSSR count). The number of esters is 1. The molecule has 84 valence electrons. The van der Waals surface area contributed by atoms with E-state index in [1.165, 1.54) is 0 Å². The second kappa shape index (κ2) is 4.39. The van der Waals surface area contributed by atoms with Crippen molar-refractivity contribution in [3.63, 3.8) is 0 Å². The van der Waals surface area contributed by atoms with E-state index in [1.54, 1.807) is 13.8 Å². The Morgan fingerprint density at radius 3 is 2.80 bits per heavy atom. The van der Waals surface area contributed by atoms with Gasteiger partial charge in [-0.25, -0.2) is 4.79 Å². The molecule has 6 nitrogen and oxygen atoms in total. The van der Waals surface area contributed by atoms with Gasteiger partial charge in [-0.2, -0.15) is 4.98 Å². The first kappa shape index (κ1) is 11.6. The Balaban J connectivity index is 2.85. The van der Waals surface area contributed by atoms with Gasteiger partial charge < -0.3 is 15.0 Å². The average molecular weight is 213 g/mol. The van der Waals surface area contributed by atoms with Crippen LogP contribution in [0.25, 0.3) is 0 Å². The Morgan fingerprint density at radius 2 is 2.27 bits per heavy atom. The molecule has 1 aromatic heterocycles. The molecule has 0 aliphatic carbocycles. The van der Waals surface area contributed by atoms with Crippen molar-refractivity contribution in [2.75, 3.05) is 6.61 Å². The van der Waals surface area contributed by atoms with Crippen molar-refractivity contribution in [1.82, 2.24) is 10.1 Å². The smallest absolute Gasteiger partial charge is 0.379 e. The standard InChI is InChI=1S/C9H15N3O3/c1-4-9(3,10)8-11-6(12-15-8)7(13)14-5-2/h4-5,10H2,1-3H3. The first-order chi connectivity index (χ1) is 7.01. The van der Waals surface area contributed by atoms with E-state index in [0.29, 0.717) is 6.42 Å².